The second-order valence-electron chi connectivity index (χ2n) is 2.46. The molecule has 1 atom stereocenters. The molecule has 1 aliphatic rings. The first-order valence-electron chi connectivity index (χ1n) is 3.56. The van der Waals surface area contributed by atoms with Gasteiger partial charge in [-0.15, -0.1) is 0 Å². The summed E-state index contributed by atoms with van der Waals surface area (Å²) >= 11 is 4.71. The van der Waals surface area contributed by atoms with Crippen molar-refractivity contribution in [3.8, 4) is 0 Å². The van der Waals surface area contributed by atoms with Gasteiger partial charge in [0.15, 0.2) is 5.11 Å². The molecule has 1 rings (SSSR count). The molecule has 3 N–H and O–H groups in total. The Morgan fingerprint density at radius 1 is 1.67 bits per heavy atom. The van der Waals surface area contributed by atoms with Gasteiger partial charge in [-0.05, 0) is 18.6 Å². The molecule has 1 saturated heterocycles. The van der Waals surface area contributed by atoms with Crippen molar-refractivity contribution < 1.29 is 14.6 Å². The van der Waals surface area contributed by atoms with E-state index in [9.17, 15) is 4.79 Å². The molecule has 1 fully saturated rings. The van der Waals surface area contributed by atoms with E-state index in [1.807, 2.05) is 0 Å². The predicted octanol–water partition coefficient (Wildman–Crippen LogP) is -0.0826. The average Bonchev–Trinajstić information content (AvgIpc) is 2.37. The first-order chi connectivity index (χ1) is 5.68. The summed E-state index contributed by atoms with van der Waals surface area (Å²) in [5.41, 5.74) is 0. The van der Waals surface area contributed by atoms with Gasteiger partial charge in [-0.2, -0.15) is 0 Å². The van der Waals surface area contributed by atoms with Gasteiger partial charge in [-0.1, -0.05) is 0 Å². The van der Waals surface area contributed by atoms with E-state index in [-0.39, 0.29) is 11.2 Å². The zero-order valence-corrected chi connectivity index (χ0v) is 7.19. The highest BCUT2D eigenvalue weighted by Crippen LogP contribution is 2.02. The maximum atomic E-state index is 10.1. The van der Waals surface area contributed by atoms with Crippen molar-refractivity contribution >= 4 is 23.4 Å². The smallest absolute Gasteiger partial charge is 0.410 e. The molecule has 12 heavy (non-hydrogen) atoms. The summed E-state index contributed by atoms with van der Waals surface area (Å²) in [7, 11) is 0. The Labute approximate surface area is 75.1 Å². The fourth-order valence-corrected chi connectivity index (χ4v) is 1.22. The van der Waals surface area contributed by atoms with E-state index in [4.69, 9.17) is 22.1 Å². The Balaban J connectivity index is 2.20. The molecule has 0 radical (unpaired) electrons. The van der Waals surface area contributed by atoms with Gasteiger partial charge in [0.1, 0.15) is 0 Å². The number of ether oxygens (including phenoxy) is 1. The van der Waals surface area contributed by atoms with Crippen LogP contribution in [0.4, 0.5) is 4.79 Å². The largest absolute Gasteiger partial charge is 0.465 e. The quantitative estimate of drug-likeness (QED) is 0.504. The molecule has 1 unspecified atom stereocenters. The molecule has 68 valence electrons. The lowest BCUT2D eigenvalue weighted by molar-refractivity contribution is 0.191. The molecule has 0 aromatic carbocycles. The van der Waals surface area contributed by atoms with E-state index in [0.717, 1.165) is 6.42 Å². The zero-order chi connectivity index (χ0) is 8.97. The Morgan fingerprint density at radius 3 is 2.92 bits per heavy atom. The van der Waals surface area contributed by atoms with E-state index >= 15 is 0 Å². The molecule has 1 heterocycles. The van der Waals surface area contributed by atoms with Gasteiger partial charge in [0, 0.05) is 6.61 Å². The van der Waals surface area contributed by atoms with Gasteiger partial charge >= 0.3 is 6.09 Å². The van der Waals surface area contributed by atoms with Crippen LogP contribution in [0.1, 0.15) is 6.42 Å². The molecule has 1 amide bonds. The number of nitrogens with one attached hydrogen (secondary N) is 2. The van der Waals surface area contributed by atoms with Crippen molar-refractivity contribution in [1.29, 1.82) is 0 Å². The zero-order valence-electron chi connectivity index (χ0n) is 6.37. The lowest BCUT2D eigenvalue weighted by Gasteiger charge is -2.11. The van der Waals surface area contributed by atoms with Crippen LogP contribution in [-0.4, -0.2) is 35.6 Å². The second kappa shape index (κ2) is 4.22. The number of amides is 1. The first-order valence-corrected chi connectivity index (χ1v) is 3.97. The summed E-state index contributed by atoms with van der Waals surface area (Å²) in [4.78, 5) is 10.1. The van der Waals surface area contributed by atoms with Crippen LogP contribution >= 0.6 is 12.2 Å². The van der Waals surface area contributed by atoms with E-state index in [2.05, 4.69) is 10.6 Å². The van der Waals surface area contributed by atoms with Crippen LogP contribution in [0.25, 0.3) is 0 Å². The molecule has 0 aromatic rings. The van der Waals surface area contributed by atoms with E-state index in [1.165, 1.54) is 0 Å². The van der Waals surface area contributed by atoms with Crippen molar-refractivity contribution in [3.05, 3.63) is 0 Å². The van der Waals surface area contributed by atoms with Crippen LogP contribution in [0.3, 0.4) is 0 Å². The second-order valence-corrected chi connectivity index (χ2v) is 2.87. The fourth-order valence-electron chi connectivity index (χ4n) is 0.967. The lowest BCUT2D eigenvalue weighted by Crippen LogP contribution is -2.44. The van der Waals surface area contributed by atoms with Crippen molar-refractivity contribution in [3.63, 3.8) is 0 Å². The number of hydrogen-bond donors (Lipinski definition) is 3. The maximum absolute atomic E-state index is 10.1. The molecule has 1 aliphatic heterocycles. The van der Waals surface area contributed by atoms with Gasteiger partial charge in [-0.3, -0.25) is 5.32 Å². The molecule has 0 spiro atoms. The topological polar surface area (TPSA) is 70.6 Å². The third-order valence-corrected chi connectivity index (χ3v) is 1.71. The normalized spacial score (nSPS) is 21.8. The number of carboxylic acid groups (broad SMARTS) is 1. The van der Waals surface area contributed by atoms with Crippen molar-refractivity contribution in [1.82, 2.24) is 10.6 Å². The molecule has 0 bridgehead atoms. The van der Waals surface area contributed by atoms with E-state index in [1.54, 1.807) is 0 Å². The van der Waals surface area contributed by atoms with Gasteiger partial charge in [-0.25, -0.2) is 4.79 Å². The molecular weight excluding hydrogens is 180 g/mol. The van der Waals surface area contributed by atoms with Crippen LogP contribution in [0, 0.1) is 0 Å². The number of hydrogen-bond acceptors (Lipinski definition) is 3. The first kappa shape index (κ1) is 9.21. The van der Waals surface area contributed by atoms with Crippen LogP contribution in [0.5, 0.6) is 0 Å². The third-order valence-electron chi connectivity index (χ3n) is 1.49. The highest BCUT2D eigenvalue weighted by molar-refractivity contribution is 7.80. The third kappa shape index (κ3) is 3.02. The number of carbonyl (C=O) groups is 1. The average molecular weight is 190 g/mol. The van der Waals surface area contributed by atoms with Gasteiger partial charge < -0.3 is 15.2 Å². The summed E-state index contributed by atoms with van der Waals surface area (Å²) in [6.45, 7) is 1.29. The summed E-state index contributed by atoms with van der Waals surface area (Å²) in [5.74, 6) is 0. The minimum atomic E-state index is -1.15. The van der Waals surface area contributed by atoms with Crippen LogP contribution < -0.4 is 10.6 Å². The molecule has 0 aromatic heterocycles. The maximum Gasteiger partial charge on any atom is 0.410 e. The van der Waals surface area contributed by atoms with Gasteiger partial charge in [0.25, 0.3) is 0 Å². The number of thiocarbonyl (C=S) groups is 1. The van der Waals surface area contributed by atoms with Gasteiger partial charge in [0.05, 0.1) is 12.6 Å². The lowest BCUT2D eigenvalue weighted by atomic mass is 10.3. The van der Waals surface area contributed by atoms with Crippen molar-refractivity contribution in [2.24, 2.45) is 0 Å². The van der Waals surface area contributed by atoms with Gasteiger partial charge in [0.2, 0.25) is 0 Å². The minimum Gasteiger partial charge on any atom is -0.465 e. The Hall–Kier alpha value is -0.880. The summed E-state index contributed by atoms with van der Waals surface area (Å²) in [5, 5.41) is 13.3. The molecule has 0 aliphatic carbocycles. The summed E-state index contributed by atoms with van der Waals surface area (Å²) in [6.07, 6.45) is -0.284. The molecular formula is C6H10N2O3S. The van der Waals surface area contributed by atoms with E-state index < -0.39 is 6.09 Å². The highest BCUT2D eigenvalue weighted by Gasteiger charge is 2.16. The van der Waals surface area contributed by atoms with Crippen LogP contribution in [0.15, 0.2) is 0 Å². The summed E-state index contributed by atoms with van der Waals surface area (Å²) in [6, 6.07) is 0.143. The summed E-state index contributed by atoms with van der Waals surface area (Å²) < 4.78 is 5.07. The van der Waals surface area contributed by atoms with Crippen LogP contribution in [0.2, 0.25) is 0 Å². The van der Waals surface area contributed by atoms with Crippen molar-refractivity contribution in [2.45, 2.75) is 12.5 Å². The highest BCUT2D eigenvalue weighted by atomic mass is 32.1. The van der Waals surface area contributed by atoms with Crippen molar-refractivity contribution in [2.75, 3.05) is 13.2 Å². The Morgan fingerprint density at radius 2 is 2.42 bits per heavy atom. The molecule has 5 nitrogen and oxygen atoms in total. The van der Waals surface area contributed by atoms with Crippen LogP contribution in [-0.2, 0) is 4.74 Å². The Kier molecular flexibility index (Phi) is 3.24. The Bertz CT molecular complexity index is 191. The molecule has 0 saturated carbocycles. The van der Waals surface area contributed by atoms with E-state index in [0.29, 0.717) is 13.2 Å². The fraction of sp³-hybridized carbons (Fsp3) is 0.667. The molecule has 6 heteroatoms. The number of rotatable bonds is 1. The standard InChI is InChI=1S/C6H10N2O3S/c9-6(10)8-5(12)7-4-1-2-11-3-4/h4H,1-3H2,(H,9,10)(H2,7,8,12). The predicted molar refractivity (Wildman–Crippen MR) is 46.1 cm³/mol. The monoisotopic (exact) mass is 190 g/mol. The SMILES string of the molecule is O=C(O)NC(=S)NC1CCOC1. The minimum absolute atomic E-state index is 0.137.